The molecule has 1 aliphatic rings. The SMILES string of the molecule is C[C@H](CNC(=O)CN1c2ccccc2C[C@@H]1C)c1ccccc1. The first-order valence-corrected chi connectivity index (χ1v) is 8.31. The van der Waals surface area contributed by atoms with Crippen molar-refractivity contribution in [3.8, 4) is 0 Å². The summed E-state index contributed by atoms with van der Waals surface area (Å²) in [7, 11) is 0. The van der Waals surface area contributed by atoms with Gasteiger partial charge in [0.1, 0.15) is 0 Å². The van der Waals surface area contributed by atoms with Crippen molar-refractivity contribution in [1.82, 2.24) is 5.32 Å². The first-order chi connectivity index (χ1) is 11.1. The van der Waals surface area contributed by atoms with Crippen LogP contribution < -0.4 is 10.2 Å². The molecular formula is C20H24N2O. The second-order valence-electron chi connectivity index (χ2n) is 6.43. The largest absolute Gasteiger partial charge is 0.359 e. The Morgan fingerprint density at radius 2 is 1.87 bits per heavy atom. The zero-order chi connectivity index (χ0) is 16.2. The Kier molecular flexibility index (Phi) is 4.65. The van der Waals surface area contributed by atoms with Gasteiger partial charge in [-0.25, -0.2) is 0 Å². The molecule has 0 aliphatic carbocycles. The summed E-state index contributed by atoms with van der Waals surface area (Å²) in [6.45, 7) is 5.43. The highest BCUT2D eigenvalue weighted by molar-refractivity contribution is 5.82. The Labute approximate surface area is 138 Å². The normalized spacial score (nSPS) is 17.7. The molecule has 0 saturated carbocycles. The third kappa shape index (κ3) is 3.55. The molecule has 1 aliphatic heterocycles. The summed E-state index contributed by atoms with van der Waals surface area (Å²) in [4.78, 5) is 14.5. The predicted octanol–water partition coefficient (Wildman–Crippen LogP) is 3.36. The van der Waals surface area contributed by atoms with Crippen molar-refractivity contribution in [1.29, 1.82) is 0 Å². The minimum Gasteiger partial charge on any atom is -0.359 e. The van der Waals surface area contributed by atoms with E-state index in [9.17, 15) is 4.79 Å². The van der Waals surface area contributed by atoms with Crippen LogP contribution in [-0.4, -0.2) is 25.0 Å². The second kappa shape index (κ2) is 6.86. The van der Waals surface area contributed by atoms with E-state index in [4.69, 9.17) is 0 Å². The van der Waals surface area contributed by atoms with Crippen LogP contribution in [0.5, 0.6) is 0 Å². The topological polar surface area (TPSA) is 32.3 Å². The van der Waals surface area contributed by atoms with Gasteiger partial charge in [-0.3, -0.25) is 4.79 Å². The predicted molar refractivity (Wildman–Crippen MR) is 94.8 cm³/mol. The summed E-state index contributed by atoms with van der Waals surface area (Å²) >= 11 is 0. The molecule has 0 fully saturated rings. The quantitative estimate of drug-likeness (QED) is 0.918. The molecule has 2 atom stereocenters. The van der Waals surface area contributed by atoms with Crippen molar-refractivity contribution in [2.75, 3.05) is 18.0 Å². The highest BCUT2D eigenvalue weighted by atomic mass is 16.2. The molecule has 0 spiro atoms. The van der Waals surface area contributed by atoms with E-state index in [1.54, 1.807) is 0 Å². The molecular weight excluding hydrogens is 284 g/mol. The number of hydrogen-bond donors (Lipinski definition) is 1. The summed E-state index contributed by atoms with van der Waals surface area (Å²) in [6, 6.07) is 19.1. The third-order valence-corrected chi connectivity index (χ3v) is 4.64. The molecule has 23 heavy (non-hydrogen) atoms. The van der Waals surface area contributed by atoms with Gasteiger partial charge in [-0.15, -0.1) is 0 Å². The number of hydrogen-bond acceptors (Lipinski definition) is 2. The van der Waals surface area contributed by atoms with E-state index in [1.165, 1.54) is 16.8 Å². The Balaban J connectivity index is 1.56. The van der Waals surface area contributed by atoms with Crippen LogP contribution in [0.3, 0.4) is 0 Å². The van der Waals surface area contributed by atoms with E-state index in [1.807, 2.05) is 24.3 Å². The fraction of sp³-hybridized carbons (Fsp3) is 0.350. The first-order valence-electron chi connectivity index (χ1n) is 8.31. The van der Waals surface area contributed by atoms with Crippen LogP contribution in [0.15, 0.2) is 54.6 Å². The van der Waals surface area contributed by atoms with Crippen LogP contribution in [0.4, 0.5) is 5.69 Å². The number of benzene rings is 2. The molecule has 1 heterocycles. The summed E-state index contributed by atoms with van der Waals surface area (Å²) < 4.78 is 0. The minimum absolute atomic E-state index is 0.0938. The van der Waals surface area contributed by atoms with Crippen molar-refractivity contribution >= 4 is 11.6 Å². The van der Waals surface area contributed by atoms with E-state index in [0.29, 0.717) is 25.0 Å². The zero-order valence-corrected chi connectivity index (χ0v) is 13.8. The van der Waals surface area contributed by atoms with Gasteiger partial charge >= 0.3 is 0 Å². The molecule has 2 aromatic carbocycles. The lowest BCUT2D eigenvalue weighted by Gasteiger charge is -2.24. The third-order valence-electron chi connectivity index (χ3n) is 4.64. The Morgan fingerprint density at radius 1 is 1.17 bits per heavy atom. The highest BCUT2D eigenvalue weighted by Gasteiger charge is 2.26. The number of fused-ring (bicyclic) bond motifs is 1. The van der Waals surface area contributed by atoms with Crippen LogP contribution in [0.25, 0.3) is 0 Å². The van der Waals surface area contributed by atoms with Gasteiger partial charge in [-0.2, -0.15) is 0 Å². The van der Waals surface area contributed by atoms with Gasteiger partial charge in [-0.1, -0.05) is 55.5 Å². The fourth-order valence-electron chi connectivity index (χ4n) is 3.25. The minimum atomic E-state index is 0.0938. The van der Waals surface area contributed by atoms with Crippen LogP contribution in [0, 0.1) is 0 Å². The monoisotopic (exact) mass is 308 g/mol. The number of carbonyl (C=O) groups is 1. The maximum absolute atomic E-state index is 12.3. The number of nitrogens with zero attached hydrogens (tertiary/aromatic N) is 1. The van der Waals surface area contributed by atoms with Crippen LogP contribution in [0.1, 0.15) is 30.9 Å². The second-order valence-corrected chi connectivity index (χ2v) is 6.43. The lowest BCUT2D eigenvalue weighted by atomic mass is 10.0. The summed E-state index contributed by atoms with van der Waals surface area (Å²) in [6.07, 6.45) is 1.02. The molecule has 0 bridgehead atoms. The van der Waals surface area contributed by atoms with Crippen LogP contribution >= 0.6 is 0 Å². The van der Waals surface area contributed by atoms with Gasteiger partial charge in [0.2, 0.25) is 5.91 Å². The van der Waals surface area contributed by atoms with E-state index < -0.39 is 0 Å². The number of nitrogens with one attached hydrogen (secondary N) is 1. The van der Waals surface area contributed by atoms with E-state index in [-0.39, 0.29) is 5.91 Å². The molecule has 3 nitrogen and oxygen atoms in total. The van der Waals surface area contributed by atoms with E-state index in [0.717, 1.165) is 6.42 Å². The lowest BCUT2D eigenvalue weighted by Crippen LogP contribution is -2.41. The fourth-order valence-corrected chi connectivity index (χ4v) is 3.25. The standard InChI is InChI=1S/C20H24N2O/c1-15(17-8-4-3-5-9-17)13-21-20(23)14-22-16(2)12-18-10-6-7-11-19(18)22/h3-11,15-16H,12-14H2,1-2H3,(H,21,23)/t15-,16+/m1/s1. The Bertz CT molecular complexity index is 668. The van der Waals surface area contributed by atoms with E-state index in [2.05, 4.69) is 54.4 Å². The number of anilines is 1. The molecule has 0 saturated heterocycles. The molecule has 3 rings (SSSR count). The molecule has 1 amide bonds. The van der Waals surface area contributed by atoms with Crippen molar-refractivity contribution < 1.29 is 4.79 Å². The first kappa shape index (κ1) is 15.6. The van der Waals surface area contributed by atoms with Crippen molar-refractivity contribution in [3.05, 3.63) is 65.7 Å². The highest BCUT2D eigenvalue weighted by Crippen LogP contribution is 2.31. The van der Waals surface area contributed by atoms with Gasteiger partial charge in [0.25, 0.3) is 0 Å². The van der Waals surface area contributed by atoms with Crippen molar-refractivity contribution in [3.63, 3.8) is 0 Å². The van der Waals surface area contributed by atoms with E-state index >= 15 is 0 Å². The maximum Gasteiger partial charge on any atom is 0.239 e. The van der Waals surface area contributed by atoms with Gasteiger partial charge < -0.3 is 10.2 Å². The lowest BCUT2D eigenvalue weighted by molar-refractivity contribution is -0.119. The summed E-state index contributed by atoms with van der Waals surface area (Å²) in [5.74, 6) is 0.416. The maximum atomic E-state index is 12.3. The Hall–Kier alpha value is -2.29. The average molecular weight is 308 g/mol. The number of para-hydroxylation sites is 1. The summed E-state index contributed by atoms with van der Waals surface area (Å²) in [5, 5.41) is 3.08. The average Bonchev–Trinajstić information content (AvgIpc) is 2.89. The van der Waals surface area contributed by atoms with Crippen LogP contribution in [-0.2, 0) is 11.2 Å². The number of rotatable bonds is 5. The number of carbonyl (C=O) groups excluding carboxylic acids is 1. The smallest absolute Gasteiger partial charge is 0.239 e. The van der Waals surface area contributed by atoms with Gasteiger partial charge in [0.05, 0.1) is 6.54 Å². The van der Waals surface area contributed by atoms with Gasteiger partial charge in [0.15, 0.2) is 0 Å². The van der Waals surface area contributed by atoms with Gasteiger partial charge in [0, 0.05) is 18.3 Å². The number of amides is 1. The van der Waals surface area contributed by atoms with Gasteiger partial charge in [-0.05, 0) is 36.5 Å². The molecule has 120 valence electrons. The van der Waals surface area contributed by atoms with Crippen molar-refractivity contribution in [2.45, 2.75) is 32.2 Å². The zero-order valence-electron chi connectivity index (χ0n) is 13.8. The van der Waals surface area contributed by atoms with Crippen LogP contribution in [0.2, 0.25) is 0 Å². The molecule has 0 unspecified atom stereocenters. The molecule has 0 radical (unpaired) electrons. The Morgan fingerprint density at radius 3 is 2.65 bits per heavy atom. The molecule has 3 heteroatoms. The van der Waals surface area contributed by atoms with Crippen molar-refractivity contribution in [2.24, 2.45) is 0 Å². The molecule has 2 aromatic rings. The molecule has 1 N–H and O–H groups in total. The molecule has 0 aromatic heterocycles. The summed E-state index contributed by atoms with van der Waals surface area (Å²) in [5.41, 5.74) is 3.80.